The van der Waals surface area contributed by atoms with Gasteiger partial charge in [-0.2, -0.15) is 4.57 Å². The Bertz CT molecular complexity index is 2820. The van der Waals surface area contributed by atoms with Crippen molar-refractivity contribution >= 4 is 33.8 Å². The van der Waals surface area contributed by atoms with Crippen molar-refractivity contribution in [3.05, 3.63) is 200 Å². The number of Topliss-reactive ketones (excluding diaryl/α,β-unsaturated/α-hetero) is 1. The number of nitrogens with zero attached hydrogens (tertiary/aromatic N) is 2. The molecule has 1 aromatic heterocycles. The van der Waals surface area contributed by atoms with Crippen LogP contribution in [0, 0.1) is 130 Å². The largest absolute Gasteiger partial charge is 0.287 e. The van der Waals surface area contributed by atoms with Gasteiger partial charge >= 0.3 is 0 Å². The van der Waals surface area contributed by atoms with Crippen LogP contribution in [-0.4, -0.2) is 16.9 Å². The Labute approximate surface area is 367 Å². The van der Waals surface area contributed by atoms with E-state index in [4.69, 9.17) is 0 Å². The summed E-state index contributed by atoms with van der Waals surface area (Å²) in [4.78, 5) is 16.7. The first kappa shape index (κ1) is 50.2. The molecule has 0 fully saturated rings. The smallest absolute Gasteiger partial charge is 0.231 e. The number of hydrogen-bond donors (Lipinski definition) is 0. The fraction of sp³-hybridized carbons (Fsp3) is 0.0682. The standard InChI is InChI=1S/C24BF20.C20H19N2O/c26-5-1(6(27)14(35)21(42)13(5)34)25(2-7(28)15(36)22(43)16(37)8(2)29,3-9(30)17(38)23(44)18(39)10(3)31)4-11(32)19(40)24(45)20(41)12(4)33;1-15-7-6-10-18(16(15)2)19-13-21-11-12-22(19)14-20(23)17-8-4-3-5-9-17/h;3-13H,14H2,1-2H3/q-1;+1. The molecule has 0 aliphatic rings. The Morgan fingerprint density at radius 1 is 0.441 bits per heavy atom. The Balaban J connectivity index is 0.000000276. The van der Waals surface area contributed by atoms with E-state index in [1.807, 2.05) is 53.4 Å². The molecule has 354 valence electrons. The van der Waals surface area contributed by atoms with Crippen LogP contribution in [0.15, 0.2) is 67.1 Å². The second-order valence-corrected chi connectivity index (χ2v) is 14.4. The van der Waals surface area contributed by atoms with Crippen LogP contribution in [0.4, 0.5) is 87.8 Å². The number of hydrogen-bond acceptors (Lipinski definition) is 2. The number of aromatic nitrogens is 2. The summed E-state index contributed by atoms with van der Waals surface area (Å²) in [6.45, 7) is 4.49. The molecule has 1 heterocycles. The first-order valence-corrected chi connectivity index (χ1v) is 18.6. The third-order valence-electron chi connectivity index (χ3n) is 10.8. The van der Waals surface area contributed by atoms with Crippen molar-refractivity contribution in [2.75, 3.05) is 0 Å². The Hall–Kier alpha value is -7.27. The van der Waals surface area contributed by atoms with Gasteiger partial charge in [-0.1, -0.05) is 42.5 Å². The van der Waals surface area contributed by atoms with E-state index in [0.717, 1.165) is 16.8 Å². The number of rotatable bonds is 8. The SMILES string of the molecule is Cc1cccc(-c2cncc[n+]2CC(=O)c2ccccc2)c1C.Fc1c(F)c(F)c([B-](c2c(F)c(F)c(F)c(F)c2F)(c2c(F)c(F)c(F)c(F)c2F)c2c(F)c(F)c(F)c(F)c2F)c(F)c1F. The molecule has 24 heteroatoms. The van der Waals surface area contributed by atoms with Gasteiger partial charge in [-0.25, -0.2) is 87.8 Å². The maximum atomic E-state index is 15.4. The summed E-state index contributed by atoms with van der Waals surface area (Å²) in [5, 5.41) is 0. The van der Waals surface area contributed by atoms with Crippen molar-refractivity contribution in [2.24, 2.45) is 0 Å². The van der Waals surface area contributed by atoms with E-state index in [1.54, 1.807) is 6.20 Å². The van der Waals surface area contributed by atoms with Crippen LogP contribution < -0.4 is 26.4 Å². The normalized spacial score (nSPS) is 11.5. The first-order valence-electron chi connectivity index (χ1n) is 18.6. The van der Waals surface area contributed by atoms with Crippen molar-refractivity contribution in [3.63, 3.8) is 0 Å². The first-order chi connectivity index (χ1) is 31.9. The van der Waals surface area contributed by atoms with Crippen LogP contribution >= 0.6 is 0 Å². The molecule has 3 nitrogen and oxygen atoms in total. The van der Waals surface area contributed by atoms with Gasteiger partial charge in [0, 0.05) is 5.56 Å². The molecule has 68 heavy (non-hydrogen) atoms. The molecule has 0 aliphatic carbocycles. The maximum absolute atomic E-state index is 15.4. The van der Waals surface area contributed by atoms with Gasteiger partial charge in [0.15, 0.2) is 76.0 Å². The molecule has 0 amide bonds. The van der Waals surface area contributed by atoms with Crippen molar-refractivity contribution < 1.29 is 97.2 Å². The van der Waals surface area contributed by atoms with Crippen molar-refractivity contribution in [2.45, 2.75) is 20.4 Å². The minimum Gasteiger partial charge on any atom is -0.287 e. The van der Waals surface area contributed by atoms with Crippen molar-refractivity contribution in [1.82, 2.24) is 4.98 Å². The van der Waals surface area contributed by atoms with E-state index in [9.17, 15) is 57.5 Å². The summed E-state index contributed by atoms with van der Waals surface area (Å²) in [7, 11) is 0. The van der Waals surface area contributed by atoms with Gasteiger partial charge in [0.1, 0.15) is 52.7 Å². The minimum absolute atomic E-state index is 0.0911. The number of aryl methyl sites for hydroxylation is 1. The van der Waals surface area contributed by atoms with E-state index in [2.05, 4.69) is 31.0 Å². The molecule has 0 atom stereocenters. The fourth-order valence-corrected chi connectivity index (χ4v) is 7.52. The van der Waals surface area contributed by atoms with E-state index < -0.39 is 144 Å². The number of ketones is 1. The number of benzene rings is 6. The number of halogens is 20. The lowest BCUT2D eigenvalue weighted by Gasteiger charge is -2.44. The summed E-state index contributed by atoms with van der Waals surface area (Å²) < 4.78 is 296. The Kier molecular flexibility index (Phi) is 13.9. The molecule has 0 spiro atoms. The van der Waals surface area contributed by atoms with Crippen molar-refractivity contribution in [1.29, 1.82) is 0 Å². The molecule has 6 aromatic carbocycles. The zero-order valence-corrected chi connectivity index (χ0v) is 33.5. The highest BCUT2D eigenvalue weighted by molar-refractivity contribution is 7.20. The van der Waals surface area contributed by atoms with Crippen LogP contribution in [-0.2, 0) is 6.54 Å². The summed E-state index contributed by atoms with van der Waals surface area (Å²) in [6.07, 6.45) is -1.82. The monoisotopic (exact) mass is 982 g/mol. The molecule has 0 bridgehead atoms. The van der Waals surface area contributed by atoms with Crippen LogP contribution in [0.1, 0.15) is 21.5 Å². The van der Waals surface area contributed by atoms with Gasteiger partial charge < -0.3 is 0 Å². The lowest BCUT2D eigenvalue weighted by atomic mass is 9.12. The second-order valence-electron chi connectivity index (χ2n) is 14.4. The van der Waals surface area contributed by atoms with Crippen molar-refractivity contribution in [3.8, 4) is 11.3 Å². The minimum atomic E-state index is -7.22. The fourth-order valence-electron chi connectivity index (χ4n) is 7.52. The predicted octanol–water partition coefficient (Wildman–Crippen LogP) is 9.38. The highest BCUT2D eigenvalue weighted by Gasteiger charge is 2.52. The number of carbonyl (C=O) groups is 1. The van der Waals surface area contributed by atoms with Gasteiger partial charge in [0.25, 0.3) is 0 Å². The molecule has 7 aromatic rings. The average Bonchev–Trinajstić information content (AvgIpc) is 3.33. The number of carbonyl (C=O) groups excluding carboxylic acids is 1. The molecule has 0 saturated carbocycles. The molecular weight excluding hydrogens is 963 g/mol. The van der Waals surface area contributed by atoms with Crippen LogP contribution in [0.5, 0.6) is 0 Å². The van der Waals surface area contributed by atoms with Gasteiger partial charge in [-0.05, 0) is 31.0 Å². The lowest BCUT2D eigenvalue weighted by Crippen LogP contribution is -2.81. The van der Waals surface area contributed by atoms with E-state index in [-0.39, 0.29) is 5.78 Å². The zero-order chi connectivity index (χ0) is 50.6. The van der Waals surface area contributed by atoms with Crippen LogP contribution in [0.25, 0.3) is 11.3 Å². The zero-order valence-electron chi connectivity index (χ0n) is 33.5. The van der Waals surface area contributed by atoms with Crippen LogP contribution in [0.2, 0.25) is 0 Å². The quantitative estimate of drug-likeness (QED) is 0.0380. The van der Waals surface area contributed by atoms with Gasteiger partial charge in [0.2, 0.25) is 18.0 Å². The average molecular weight is 982 g/mol. The predicted molar refractivity (Wildman–Crippen MR) is 199 cm³/mol. The third kappa shape index (κ3) is 7.87. The maximum Gasteiger partial charge on any atom is 0.231 e. The molecule has 0 aliphatic heterocycles. The van der Waals surface area contributed by atoms with Gasteiger partial charge in [0.05, 0.1) is 18.0 Å². The highest BCUT2D eigenvalue weighted by atomic mass is 19.2. The molecule has 0 saturated heterocycles. The Morgan fingerprint density at radius 2 is 0.765 bits per heavy atom. The summed E-state index contributed by atoms with van der Waals surface area (Å²) in [6, 6.07) is 15.6. The highest BCUT2D eigenvalue weighted by Crippen LogP contribution is 2.31. The molecule has 0 N–H and O–H groups in total. The topological polar surface area (TPSA) is 33.8 Å². The molecule has 0 radical (unpaired) electrons. The van der Waals surface area contributed by atoms with E-state index >= 15 is 35.1 Å². The van der Waals surface area contributed by atoms with Gasteiger partial charge in [-0.3, -0.25) is 9.78 Å². The molecule has 0 unspecified atom stereocenters. The third-order valence-corrected chi connectivity index (χ3v) is 10.8. The van der Waals surface area contributed by atoms with E-state index in [1.165, 1.54) is 11.1 Å². The summed E-state index contributed by atoms with van der Waals surface area (Å²) in [5.41, 5.74) is -9.10. The second kappa shape index (κ2) is 18.8. The molecular formula is C44H19BF20N2O. The lowest BCUT2D eigenvalue weighted by molar-refractivity contribution is -0.672. The summed E-state index contributed by atoms with van der Waals surface area (Å²) in [5.74, 6) is -71.3. The Morgan fingerprint density at radius 3 is 1.10 bits per heavy atom. The molecule has 7 rings (SSSR count). The van der Waals surface area contributed by atoms with E-state index in [0.29, 0.717) is 6.54 Å². The van der Waals surface area contributed by atoms with Gasteiger partial charge in [-0.15, -0.1) is 21.9 Å². The summed E-state index contributed by atoms with van der Waals surface area (Å²) >= 11 is 0. The van der Waals surface area contributed by atoms with Crippen LogP contribution in [0.3, 0.4) is 0 Å².